The van der Waals surface area contributed by atoms with Gasteiger partial charge in [-0.2, -0.15) is 4.98 Å². The minimum Gasteiger partial charge on any atom is -0.451 e. The number of benzene rings is 1. The van der Waals surface area contributed by atoms with E-state index in [4.69, 9.17) is 14.7 Å². The van der Waals surface area contributed by atoms with Gasteiger partial charge in [0.05, 0.1) is 6.04 Å². The number of nitrogens with zero attached hydrogens (tertiary/aromatic N) is 2. The molecule has 1 aliphatic carbocycles. The van der Waals surface area contributed by atoms with E-state index in [2.05, 4.69) is 10.1 Å². The van der Waals surface area contributed by atoms with Crippen molar-refractivity contribution in [2.75, 3.05) is 0 Å². The first kappa shape index (κ1) is 10.8. The maximum absolute atomic E-state index is 6.05. The molecule has 0 radical (unpaired) electrons. The molecule has 96 valence electrons. The standard InChI is InChI=1S/C14H13N3O2/c15-12(8-5-6-8)13-16-14(19-17-13)11-7-9-3-1-2-4-10(9)18-11/h1-4,7-8,12H,5-6,15H2. The summed E-state index contributed by atoms with van der Waals surface area (Å²) in [7, 11) is 0. The normalized spacial score (nSPS) is 16.9. The predicted molar refractivity (Wildman–Crippen MR) is 69.2 cm³/mol. The Morgan fingerprint density at radius 1 is 1.26 bits per heavy atom. The highest BCUT2D eigenvalue weighted by molar-refractivity contribution is 5.81. The Labute approximate surface area is 109 Å². The summed E-state index contributed by atoms with van der Waals surface area (Å²) in [5.74, 6) is 2.05. The van der Waals surface area contributed by atoms with E-state index >= 15 is 0 Å². The highest BCUT2D eigenvalue weighted by Crippen LogP contribution is 2.39. The van der Waals surface area contributed by atoms with Gasteiger partial charge < -0.3 is 14.7 Å². The first-order valence-corrected chi connectivity index (χ1v) is 6.39. The number of fused-ring (bicyclic) bond motifs is 1. The first-order valence-electron chi connectivity index (χ1n) is 6.39. The molecule has 0 amide bonds. The molecule has 0 saturated heterocycles. The van der Waals surface area contributed by atoms with Crippen LogP contribution in [0.15, 0.2) is 39.3 Å². The van der Waals surface area contributed by atoms with Crippen LogP contribution in [0.3, 0.4) is 0 Å². The first-order chi connectivity index (χ1) is 9.31. The molecule has 4 rings (SSSR count). The van der Waals surface area contributed by atoms with Gasteiger partial charge in [-0.15, -0.1) is 0 Å². The third-order valence-corrected chi connectivity index (χ3v) is 3.51. The van der Waals surface area contributed by atoms with Crippen LogP contribution in [0.5, 0.6) is 0 Å². The maximum Gasteiger partial charge on any atom is 0.293 e. The van der Waals surface area contributed by atoms with Crippen molar-refractivity contribution in [1.82, 2.24) is 10.1 Å². The van der Waals surface area contributed by atoms with Gasteiger partial charge in [0.2, 0.25) is 0 Å². The van der Waals surface area contributed by atoms with Gasteiger partial charge in [0.15, 0.2) is 11.6 Å². The Hall–Kier alpha value is -2.14. The summed E-state index contributed by atoms with van der Waals surface area (Å²) >= 11 is 0. The van der Waals surface area contributed by atoms with Crippen molar-refractivity contribution in [2.45, 2.75) is 18.9 Å². The minimum atomic E-state index is -0.123. The molecule has 1 aliphatic rings. The highest BCUT2D eigenvalue weighted by Gasteiger charge is 2.33. The summed E-state index contributed by atoms with van der Waals surface area (Å²) in [6, 6.07) is 9.56. The molecule has 19 heavy (non-hydrogen) atoms. The van der Waals surface area contributed by atoms with E-state index in [1.54, 1.807) is 0 Å². The molecule has 0 spiro atoms. The van der Waals surface area contributed by atoms with E-state index in [1.165, 1.54) is 0 Å². The second kappa shape index (κ2) is 3.93. The highest BCUT2D eigenvalue weighted by atomic mass is 16.5. The molecular weight excluding hydrogens is 242 g/mol. The van der Waals surface area contributed by atoms with E-state index in [0.717, 1.165) is 23.8 Å². The van der Waals surface area contributed by atoms with Crippen LogP contribution in [0, 0.1) is 5.92 Å². The molecule has 0 bridgehead atoms. The number of rotatable bonds is 3. The monoisotopic (exact) mass is 255 g/mol. The number of furan rings is 1. The number of hydrogen-bond acceptors (Lipinski definition) is 5. The van der Waals surface area contributed by atoms with Gasteiger partial charge in [-0.3, -0.25) is 0 Å². The molecule has 1 fully saturated rings. The van der Waals surface area contributed by atoms with Gasteiger partial charge in [-0.1, -0.05) is 23.4 Å². The smallest absolute Gasteiger partial charge is 0.293 e. The fourth-order valence-corrected chi connectivity index (χ4v) is 2.22. The lowest BCUT2D eigenvalue weighted by Crippen LogP contribution is -2.13. The van der Waals surface area contributed by atoms with Crippen molar-refractivity contribution in [2.24, 2.45) is 11.7 Å². The van der Waals surface area contributed by atoms with Crippen LogP contribution in [-0.4, -0.2) is 10.1 Å². The van der Waals surface area contributed by atoms with Gasteiger partial charge in [0, 0.05) is 5.39 Å². The topological polar surface area (TPSA) is 78.1 Å². The number of para-hydroxylation sites is 1. The fraction of sp³-hybridized carbons (Fsp3) is 0.286. The van der Waals surface area contributed by atoms with Crippen molar-refractivity contribution < 1.29 is 8.94 Å². The van der Waals surface area contributed by atoms with Gasteiger partial charge in [-0.25, -0.2) is 0 Å². The quantitative estimate of drug-likeness (QED) is 0.778. The maximum atomic E-state index is 6.05. The average molecular weight is 255 g/mol. The zero-order valence-electron chi connectivity index (χ0n) is 10.2. The summed E-state index contributed by atoms with van der Waals surface area (Å²) in [6.07, 6.45) is 2.30. The summed E-state index contributed by atoms with van der Waals surface area (Å²) in [6.45, 7) is 0. The van der Waals surface area contributed by atoms with Crippen LogP contribution in [-0.2, 0) is 0 Å². The Balaban J connectivity index is 1.71. The second-order valence-corrected chi connectivity index (χ2v) is 4.97. The average Bonchev–Trinajstić information content (AvgIpc) is 3.01. The summed E-state index contributed by atoms with van der Waals surface area (Å²) in [4.78, 5) is 4.34. The van der Waals surface area contributed by atoms with E-state index in [1.807, 2.05) is 30.3 Å². The summed E-state index contributed by atoms with van der Waals surface area (Å²) in [5, 5.41) is 4.97. The van der Waals surface area contributed by atoms with Gasteiger partial charge >= 0.3 is 0 Å². The van der Waals surface area contributed by atoms with Gasteiger partial charge in [0.25, 0.3) is 5.89 Å². The number of aromatic nitrogens is 2. The number of hydrogen-bond donors (Lipinski definition) is 1. The Morgan fingerprint density at radius 2 is 2.11 bits per heavy atom. The lowest BCUT2D eigenvalue weighted by atomic mass is 10.2. The molecule has 1 atom stereocenters. The van der Waals surface area contributed by atoms with Gasteiger partial charge in [0.1, 0.15) is 5.58 Å². The zero-order chi connectivity index (χ0) is 12.8. The SMILES string of the molecule is NC(c1noc(-c2cc3ccccc3o2)n1)C1CC1. The van der Waals surface area contributed by atoms with Crippen LogP contribution in [0.1, 0.15) is 24.7 Å². The Kier molecular flexibility index (Phi) is 2.22. The molecule has 2 heterocycles. The van der Waals surface area contributed by atoms with E-state index in [-0.39, 0.29) is 6.04 Å². The largest absolute Gasteiger partial charge is 0.451 e. The van der Waals surface area contributed by atoms with Gasteiger partial charge in [-0.05, 0) is 30.9 Å². The molecule has 5 heteroatoms. The zero-order valence-corrected chi connectivity index (χ0v) is 10.2. The van der Waals surface area contributed by atoms with Crippen molar-refractivity contribution in [3.8, 4) is 11.7 Å². The van der Waals surface area contributed by atoms with E-state index < -0.39 is 0 Å². The predicted octanol–water partition coefficient (Wildman–Crippen LogP) is 2.89. The molecule has 1 saturated carbocycles. The Morgan fingerprint density at radius 3 is 2.89 bits per heavy atom. The van der Waals surface area contributed by atoms with Crippen LogP contribution in [0.25, 0.3) is 22.6 Å². The van der Waals surface area contributed by atoms with Crippen molar-refractivity contribution in [3.05, 3.63) is 36.2 Å². The molecule has 5 nitrogen and oxygen atoms in total. The minimum absolute atomic E-state index is 0.123. The molecule has 3 aromatic rings. The molecule has 1 aromatic carbocycles. The van der Waals surface area contributed by atoms with Crippen LogP contribution in [0.2, 0.25) is 0 Å². The van der Waals surface area contributed by atoms with Crippen molar-refractivity contribution in [1.29, 1.82) is 0 Å². The molecule has 0 aliphatic heterocycles. The van der Waals surface area contributed by atoms with Crippen LogP contribution < -0.4 is 5.73 Å². The number of nitrogens with two attached hydrogens (primary N) is 1. The van der Waals surface area contributed by atoms with Crippen molar-refractivity contribution >= 4 is 11.0 Å². The van der Waals surface area contributed by atoms with E-state index in [0.29, 0.717) is 23.4 Å². The Bertz CT molecular complexity index is 694. The van der Waals surface area contributed by atoms with E-state index in [9.17, 15) is 0 Å². The molecule has 2 N–H and O–H groups in total. The molecular formula is C14H13N3O2. The lowest BCUT2D eigenvalue weighted by Gasteiger charge is -2.01. The second-order valence-electron chi connectivity index (χ2n) is 4.97. The fourth-order valence-electron chi connectivity index (χ4n) is 2.22. The summed E-state index contributed by atoms with van der Waals surface area (Å²) < 4.78 is 10.9. The van der Waals surface area contributed by atoms with Crippen LogP contribution >= 0.6 is 0 Å². The third-order valence-electron chi connectivity index (χ3n) is 3.51. The summed E-state index contributed by atoms with van der Waals surface area (Å²) in [5.41, 5.74) is 6.86. The van der Waals surface area contributed by atoms with Crippen LogP contribution in [0.4, 0.5) is 0 Å². The third kappa shape index (κ3) is 1.82. The molecule has 2 aromatic heterocycles. The lowest BCUT2D eigenvalue weighted by molar-refractivity contribution is 0.402. The molecule has 1 unspecified atom stereocenters. The van der Waals surface area contributed by atoms with Crippen molar-refractivity contribution in [3.63, 3.8) is 0 Å².